The van der Waals surface area contributed by atoms with E-state index in [2.05, 4.69) is 382 Å². The molecule has 18 aromatic rings. The van der Waals surface area contributed by atoms with Crippen LogP contribution in [-0.2, 0) is 0 Å². The lowest BCUT2D eigenvalue weighted by molar-refractivity contribution is 0.669. The standard InChI is InChI=1S/C90H61N5O/c1-3-17-68(18-4-1)91(75-52-56-77(57-53-75)94-85-26-12-7-21-79(85)80-22-8-13-27-86(80)94)70-42-31-62(32-43-70)64-35-46-72(47-36-64)93(74-50-39-66(40-51-74)67-41-60-84-83-25-11-16-30-89(83)96-90(84)61-67)73-48-37-65(38-49-73)63-33-44-71(45-34-63)92(69-19-5-2-6-20-69)76-54-58-78(59-55-76)95-87-28-14-9-23-81(87)82-24-10-15-29-88(82)95/h1-61H. The van der Waals surface area contributed by atoms with E-state index >= 15 is 0 Å². The van der Waals surface area contributed by atoms with Crippen LogP contribution in [0.25, 0.3) is 110 Å². The molecule has 0 spiro atoms. The fraction of sp³-hybridized carbons (Fsp3) is 0. The first kappa shape index (κ1) is 55.9. The molecule has 6 heteroatoms. The lowest BCUT2D eigenvalue weighted by Crippen LogP contribution is -2.10. The van der Waals surface area contributed by atoms with Crippen LogP contribution in [0.3, 0.4) is 0 Å². The van der Waals surface area contributed by atoms with Gasteiger partial charge in [-0.05, 0) is 209 Å². The van der Waals surface area contributed by atoms with Crippen molar-refractivity contribution in [3.05, 3.63) is 370 Å². The number of furan rings is 1. The van der Waals surface area contributed by atoms with E-state index in [1.54, 1.807) is 0 Å². The summed E-state index contributed by atoms with van der Waals surface area (Å²) < 4.78 is 11.1. The van der Waals surface area contributed by atoms with Gasteiger partial charge in [-0.3, -0.25) is 0 Å². The summed E-state index contributed by atoms with van der Waals surface area (Å²) in [7, 11) is 0. The van der Waals surface area contributed by atoms with Gasteiger partial charge in [-0.25, -0.2) is 0 Å². The number of aromatic nitrogens is 2. The molecule has 3 aromatic heterocycles. The van der Waals surface area contributed by atoms with Crippen molar-refractivity contribution in [3.63, 3.8) is 0 Å². The molecule has 0 fully saturated rings. The Morgan fingerprint density at radius 3 is 0.750 bits per heavy atom. The molecule has 0 N–H and O–H groups in total. The van der Waals surface area contributed by atoms with Gasteiger partial charge in [0.2, 0.25) is 0 Å². The summed E-state index contributed by atoms with van der Waals surface area (Å²) in [6, 6.07) is 133. The van der Waals surface area contributed by atoms with E-state index in [9.17, 15) is 0 Å². The minimum absolute atomic E-state index is 0.884. The van der Waals surface area contributed by atoms with Crippen molar-refractivity contribution < 1.29 is 4.42 Å². The third-order valence-electron chi connectivity index (χ3n) is 18.9. The molecule has 96 heavy (non-hydrogen) atoms. The van der Waals surface area contributed by atoms with Crippen LogP contribution in [0.2, 0.25) is 0 Å². The van der Waals surface area contributed by atoms with Gasteiger partial charge in [-0.1, -0.05) is 194 Å². The highest BCUT2D eigenvalue weighted by atomic mass is 16.3. The molecule has 18 rings (SSSR count). The summed E-state index contributed by atoms with van der Waals surface area (Å²) in [4.78, 5) is 7.01. The Morgan fingerprint density at radius 2 is 0.417 bits per heavy atom. The third-order valence-corrected chi connectivity index (χ3v) is 18.9. The quantitative estimate of drug-likeness (QED) is 0.109. The fourth-order valence-electron chi connectivity index (χ4n) is 14.3. The lowest BCUT2D eigenvalue weighted by atomic mass is 10.0. The topological polar surface area (TPSA) is 32.7 Å². The highest BCUT2D eigenvalue weighted by Gasteiger charge is 2.20. The number of benzene rings is 15. The fourth-order valence-corrected chi connectivity index (χ4v) is 14.3. The normalized spacial score (nSPS) is 11.5. The Balaban J connectivity index is 0.648. The first-order valence-corrected chi connectivity index (χ1v) is 32.7. The van der Waals surface area contributed by atoms with Gasteiger partial charge in [-0.15, -0.1) is 0 Å². The molecule has 0 aliphatic rings. The van der Waals surface area contributed by atoms with Crippen molar-refractivity contribution in [2.45, 2.75) is 0 Å². The van der Waals surface area contributed by atoms with Gasteiger partial charge < -0.3 is 28.3 Å². The third kappa shape index (κ3) is 9.91. The number of nitrogens with zero attached hydrogens (tertiary/aromatic N) is 5. The van der Waals surface area contributed by atoms with Crippen LogP contribution < -0.4 is 14.7 Å². The predicted octanol–water partition coefficient (Wildman–Crippen LogP) is 25.2. The van der Waals surface area contributed by atoms with Gasteiger partial charge in [-0.2, -0.15) is 0 Å². The van der Waals surface area contributed by atoms with Gasteiger partial charge >= 0.3 is 0 Å². The molecule has 452 valence electrons. The van der Waals surface area contributed by atoms with Gasteiger partial charge in [0.1, 0.15) is 11.2 Å². The highest BCUT2D eigenvalue weighted by Crippen LogP contribution is 2.43. The van der Waals surface area contributed by atoms with E-state index in [0.717, 1.165) is 118 Å². The molecular weight excluding hydrogens is 1170 g/mol. The smallest absolute Gasteiger partial charge is 0.136 e. The number of fused-ring (bicyclic) bond motifs is 9. The van der Waals surface area contributed by atoms with Crippen molar-refractivity contribution in [2.75, 3.05) is 14.7 Å². The minimum atomic E-state index is 0.884. The Hall–Kier alpha value is -12.9. The monoisotopic (exact) mass is 1230 g/mol. The molecule has 0 saturated carbocycles. The van der Waals surface area contributed by atoms with E-state index in [-0.39, 0.29) is 0 Å². The summed E-state index contributed by atoms with van der Waals surface area (Å²) >= 11 is 0. The SMILES string of the molecule is c1ccc(N(c2ccc(-c3ccc(N(c4ccc(-c5ccc(N(c6ccccc6)c6ccc(-n7c8ccccc8c8ccccc87)cc6)cc5)cc4)c4ccc(-c5ccc6c(c5)oc5ccccc56)cc4)cc3)cc2)c2ccc(-n3c4ccccc4c4ccccc43)cc2)cc1. The molecule has 6 nitrogen and oxygen atoms in total. The second kappa shape index (κ2) is 23.7. The molecule has 0 unspecified atom stereocenters. The van der Waals surface area contributed by atoms with Crippen molar-refractivity contribution in [1.82, 2.24) is 9.13 Å². The van der Waals surface area contributed by atoms with Gasteiger partial charge in [0, 0.05) is 94.9 Å². The zero-order chi connectivity index (χ0) is 63.5. The van der Waals surface area contributed by atoms with Crippen molar-refractivity contribution in [2.24, 2.45) is 0 Å². The van der Waals surface area contributed by atoms with Gasteiger partial charge in [0.05, 0.1) is 22.1 Å². The second-order valence-electron chi connectivity index (χ2n) is 24.5. The molecule has 0 saturated heterocycles. The Bertz CT molecular complexity index is 5440. The van der Waals surface area contributed by atoms with Crippen LogP contribution in [0.4, 0.5) is 51.2 Å². The van der Waals surface area contributed by atoms with Gasteiger partial charge in [0.15, 0.2) is 0 Å². The van der Waals surface area contributed by atoms with E-state index in [0.29, 0.717) is 0 Å². The van der Waals surface area contributed by atoms with Crippen LogP contribution in [0.1, 0.15) is 0 Å². The molecule has 3 heterocycles. The summed E-state index contributed by atoms with van der Waals surface area (Å²) in [5, 5.41) is 7.26. The molecular formula is C90H61N5O. The van der Waals surface area contributed by atoms with E-state index in [1.807, 2.05) is 12.1 Å². The Morgan fingerprint density at radius 1 is 0.177 bits per heavy atom. The lowest BCUT2D eigenvalue weighted by Gasteiger charge is -2.27. The summed E-state index contributed by atoms with van der Waals surface area (Å²) in [6.45, 7) is 0. The first-order valence-electron chi connectivity index (χ1n) is 32.7. The zero-order valence-electron chi connectivity index (χ0n) is 52.4. The number of rotatable bonds is 14. The molecule has 0 bridgehead atoms. The van der Waals surface area contributed by atoms with E-state index < -0.39 is 0 Å². The number of hydrogen-bond acceptors (Lipinski definition) is 4. The van der Waals surface area contributed by atoms with Crippen LogP contribution in [-0.4, -0.2) is 9.13 Å². The maximum absolute atomic E-state index is 6.34. The molecule has 0 aliphatic carbocycles. The van der Waals surface area contributed by atoms with Gasteiger partial charge in [0.25, 0.3) is 0 Å². The second-order valence-corrected chi connectivity index (χ2v) is 24.5. The summed E-state index contributed by atoms with van der Waals surface area (Å²) in [5.41, 5.74) is 25.2. The molecule has 0 radical (unpaired) electrons. The van der Waals surface area contributed by atoms with Crippen LogP contribution in [0.15, 0.2) is 374 Å². The van der Waals surface area contributed by atoms with E-state index in [1.165, 1.54) is 43.6 Å². The molecule has 0 aliphatic heterocycles. The maximum atomic E-state index is 6.34. The van der Waals surface area contributed by atoms with Crippen LogP contribution in [0, 0.1) is 0 Å². The maximum Gasteiger partial charge on any atom is 0.136 e. The average molecular weight is 1230 g/mol. The predicted molar refractivity (Wildman–Crippen MR) is 403 cm³/mol. The molecule has 0 amide bonds. The Kier molecular flexibility index (Phi) is 13.8. The minimum Gasteiger partial charge on any atom is -0.456 e. The first-order chi connectivity index (χ1) is 47.6. The zero-order valence-corrected chi connectivity index (χ0v) is 52.4. The van der Waals surface area contributed by atoms with Crippen molar-refractivity contribution >= 4 is 117 Å². The molecule has 15 aromatic carbocycles. The molecule has 0 atom stereocenters. The van der Waals surface area contributed by atoms with Crippen LogP contribution >= 0.6 is 0 Å². The van der Waals surface area contributed by atoms with E-state index in [4.69, 9.17) is 4.42 Å². The highest BCUT2D eigenvalue weighted by molar-refractivity contribution is 6.11. The largest absolute Gasteiger partial charge is 0.456 e. The summed E-state index contributed by atoms with van der Waals surface area (Å²) in [6.07, 6.45) is 0. The number of anilines is 9. The average Bonchev–Trinajstić information content (AvgIpc) is 1.60. The Labute approximate surface area is 556 Å². The van der Waals surface area contributed by atoms with Crippen LogP contribution in [0.5, 0.6) is 0 Å². The van der Waals surface area contributed by atoms with Crippen molar-refractivity contribution in [1.29, 1.82) is 0 Å². The summed E-state index contributed by atoms with van der Waals surface area (Å²) in [5.74, 6) is 0. The van der Waals surface area contributed by atoms with Crippen molar-refractivity contribution in [3.8, 4) is 44.8 Å². The number of para-hydroxylation sites is 7. The number of hydrogen-bond donors (Lipinski definition) is 0.